The van der Waals surface area contributed by atoms with E-state index in [2.05, 4.69) is 0 Å². The zero-order valence-electron chi connectivity index (χ0n) is 12.4. The van der Waals surface area contributed by atoms with E-state index in [1.807, 2.05) is 6.07 Å². The third-order valence-electron chi connectivity index (χ3n) is 3.82. The van der Waals surface area contributed by atoms with Crippen LogP contribution in [0.3, 0.4) is 0 Å². The van der Waals surface area contributed by atoms with Crippen LogP contribution in [0.1, 0.15) is 29.2 Å². The fraction of sp³-hybridized carbons (Fsp3) is 0.167. The maximum Gasteiger partial charge on any atom is 0.137 e. The molecule has 116 valence electrons. The standard InChI is InChI=1S/C18H13F2NO2/c1-10(7-21)17-14-3-2-11(8-22)4-12(14)9-23-16-6-13(19)5-15(20)18(16)17/h2-6,22H,8-9H2,1H3. The van der Waals surface area contributed by atoms with Gasteiger partial charge in [-0.25, -0.2) is 8.78 Å². The molecule has 0 amide bonds. The molecule has 0 saturated heterocycles. The molecule has 2 aromatic carbocycles. The molecular weight excluding hydrogens is 300 g/mol. The molecule has 3 rings (SSSR count). The second-order valence-corrected chi connectivity index (χ2v) is 5.31. The summed E-state index contributed by atoms with van der Waals surface area (Å²) in [4.78, 5) is 0. The minimum absolute atomic E-state index is 0.0637. The number of ether oxygens (including phenoxy) is 1. The van der Waals surface area contributed by atoms with Gasteiger partial charge in [-0.2, -0.15) is 5.26 Å². The molecule has 0 bridgehead atoms. The van der Waals surface area contributed by atoms with Crippen LogP contribution in [0.25, 0.3) is 5.57 Å². The lowest BCUT2D eigenvalue weighted by Gasteiger charge is -2.13. The van der Waals surface area contributed by atoms with Gasteiger partial charge in [0.1, 0.15) is 24.0 Å². The van der Waals surface area contributed by atoms with Crippen LogP contribution in [-0.4, -0.2) is 5.11 Å². The summed E-state index contributed by atoms with van der Waals surface area (Å²) in [5.41, 5.74) is 2.81. The Hall–Kier alpha value is -2.71. The third kappa shape index (κ3) is 2.58. The average Bonchev–Trinajstić information content (AvgIpc) is 2.70. The number of hydrogen-bond donors (Lipinski definition) is 1. The molecule has 3 nitrogen and oxygen atoms in total. The van der Waals surface area contributed by atoms with Gasteiger partial charge < -0.3 is 9.84 Å². The fourth-order valence-corrected chi connectivity index (χ4v) is 2.75. The van der Waals surface area contributed by atoms with Gasteiger partial charge in [0, 0.05) is 23.3 Å². The zero-order valence-corrected chi connectivity index (χ0v) is 12.4. The van der Waals surface area contributed by atoms with Crippen molar-refractivity contribution in [3.63, 3.8) is 0 Å². The van der Waals surface area contributed by atoms with E-state index in [4.69, 9.17) is 4.74 Å². The quantitative estimate of drug-likeness (QED) is 0.817. The molecule has 0 spiro atoms. The number of benzene rings is 2. The lowest BCUT2D eigenvalue weighted by molar-refractivity contribution is 0.280. The first kappa shape index (κ1) is 15.2. The Bertz CT molecular complexity index is 866. The first-order valence-corrected chi connectivity index (χ1v) is 7.01. The highest BCUT2D eigenvalue weighted by atomic mass is 19.1. The van der Waals surface area contributed by atoms with Crippen molar-refractivity contribution >= 4 is 5.57 Å². The molecule has 2 aromatic rings. The van der Waals surface area contributed by atoms with E-state index in [9.17, 15) is 19.1 Å². The van der Waals surface area contributed by atoms with E-state index < -0.39 is 11.6 Å². The summed E-state index contributed by atoms with van der Waals surface area (Å²) in [6.07, 6.45) is 0. The number of aliphatic hydroxyl groups is 1. The number of hydrogen-bond acceptors (Lipinski definition) is 3. The highest BCUT2D eigenvalue weighted by molar-refractivity contribution is 5.88. The molecule has 0 aromatic heterocycles. The minimum Gasteiger partial charge on any atom is -0.488 e. The van der Waals surface area contributed by atoms with E-state index >= 15 is 0 Å². The van der Waals surface area contributed by atoms with E-state index in [0.29, 0.717) is 27.8 Å². The van der Waals surface area contributed by atoms with Crippen LogP contribution in [0, 0.1) is 23.0 Å². The number of nitriles is 1. The van der Waals surface area contributed by atoms with Gasteiger partial charge in [-0.1, -0.05) is 12.1 Å². The Morgan fingerprint density at radius 3 is 2.78 bits per heavy atom. The van der Waals surface area contributed by atoms with Crippen LogP contribution in [0.4, 0.5) is 8.78 Å². The largest absolute Gasteiger partial charge is 0.488 e. The molecule has 1 aliphatic heterocycles. The highest BCUT2D eigenvalue weighted by Gasteiger charge is 2.25. The highest BCUT2D eigenvalue weighted by Crippen LogP contribution is 2.40. The van der Waals surface area contributed by atoms with Crippen LogP contribution in [0.15, 0.2) is 35.9 Å². The van der Waals surface area contributed by atoms with Crippen molar-refractivity contribution in [3.8, 4) is 11.8 Å². The molecule has 0 aliphatic carbocycles. The topological polar surface area (TPSA) is 53.2 Å². The fourth-order valence-electron chi connectivity index (χ4n) is 2.75. The van der Waals surface area contributed by atoms with Gasteiger partial charge in [0.25, 0.3) is 0 Å². The van der Waals surface area contributed by atoms with Gasteiger partial charge in [-0.15, -0.1) is 0 Å². The predicted octanol–water partition coefficient (Wildman–Crippen LogP) is 3.69. The molecular formula is C18H13F2NO2. The molecule has 0 saturated carbocycles. The van der Waals surface area contributed by atoms with Gasteiger partial charge in [0.05, 0.1) is 18.2 Å². The average molecular weight is 313 g/mol. The lowest BCUT2D eigenvalue weighted by Crippen LogP contribution is -1.98. The van der Waals surface area contributed by atoms with Crippen LogP contribution >= 0.6 is 0 Å². The van der Waals surface area contributed by atoms with Crippen LogP contribution < -0.4 is 4.74 Å². The molecule has 0 unspecified atom stereocenters. The third-order valence-corrected chi connectivity index (χ3v) is 3.82. The summed E-state index contributed by atoms with van der Waals surface area (Å²) in [5, 5.41) is 18.6. The van der Waals surface area contributed by atoms with Gasteiger partial charge in [0.2, 0.25) is 0 Å². The summed E-state index contributed by atoms with van der Waals surface area (Å²) in [6, 6.07) is 9.08. The second-order valence-electron chi connectivity index (χ2n) is 5.31. The Morgan fingerprint density at radius 1 is 1.30 bits per heavy atom. The number of fused-ring (bicyclic) bond motifs is 2. The van der Waals surface area contributed by atoms with Gasteiger partial charge in [-0.05, 0) is 29.7 Å². The van der Waals surface area contributed by atoms with Crippen molar-refractivity contribution in [3.05, 3.63) is 69.8 Å². The van der Waals surface area contributed by atoms with E-state index in [-0.39, 0.29) is 24.5 Å². The van der Waals surface area contributed by atoms with Crippen LogP contribution in [0.5, 0.6) is 5.75 Å². The Morgan fingerprint density at radius 2 is 2.09 bits per heavy atom. The number of aliphatic hydroxyl groups excluding tert-OH is 1. The summed E-state index contributed by atoms with van der Waals surface area (Å²) >= 11 is 0. The monoisotopic (exact) mass is 313 g/mol. The SMILES string of the molecule is CC(C#N)=C1c2ccc(CO)cc2COc2cc(F)cc(F)c21. The Kier molecular flexibility index (Phi) is 3.85. The van der Waals surface area contributed by atoms with Crippen molar-refractivity contribution < 1.29 is 18.6 Å². The van der Waals surface area contributed by atoms with Crippen molar-refractivity contribution in [1.82, 2.24) is 0 Å². The first-order valence-electron chi connectivity index (χ1n) is 7.01. The minimum atomic E-state index is -0.774. The van der Waals surface area contributed by atoms with E-state index in [1.165, 1.54) is 0 Å². The van der Waals surface area contributed by atoms with Gasteiger partial charge >= 0.3 is 0 Å². The van der Waals surface area contributed by atoms with E-state index in [1.54, 1.807) is 25.1 Å². The van der Waals surface area contributed by atoms with Crippen LogP contribution in [-0.2, 0) is 13.2 Å². The summed E-state index contributed by atoms with van der Waals surface area (Å²) in [5.74, 6) is -1.45. The van der Waals surface area contributed by atoms with E-state index in [0.717, 1.165) is 12.1 Å². The summed E-state index contributed by atoms with van der Waals surface area (Å²) in [6.45, 7) is 1.54. The number of nitrogens with zero attached hydrogens (tertiary/aromatic N) is 1. The summed E-state index contributed by atoms with van der Waals surface area (Å²) in [7, 11) is 0. The Balaban J connectivity index is 2.35. The summed E-state index contributed by atoms with van der Waals surface area (Å²) < 4.78 is 33.5. The molecule has 0 fully saturated rings. The molecule has 5 heteroatoms. The van der Waals surface area contributed by atoms with Crippen LogP contribution in [0.2, 0.25) is 0 Å². The number of rotatable bonds is 1. The smallest absolute Gasteiger partial charge is 0.137 e. The first-order chi connectivity index (χ1) is 11.0. The molecule has 1 N–H and O–H groups in total. The maximum atomic E-state index is 14.4. The molecule has 23 heavy (non-hydrogen) atoms. The normalized spacial score (nSPS) is 14.9. The van der Waals surface area contributed by atoms with Crippen molar-refractivity contribution in [2.24, 2.45) is 0 Å². The molecule has 0 radical (unpaired) electrons. The Labute approximate surface area is 132 Å². The van der Waals surface area contributed by atoms with Crippen molar-refractivity contribution in [2.45, 2.75) is 20.1 Å². The molecule has 1 heterocycles. The maximum absolute atomic E-state index is 14.4. The number of halogens is 2. The second kappa shape index (κ2) is 5.82. The van der Waals surface area contributed by atoms with Crippen molar-refractivity contribution in [2.75, 3.05) is 0 Å². The zero-order chi connectivity index (χ0) is 16.6. The lowest BCUT2D eigenvalue weighted by atomic mass is 9.90. The molecule has 1 aliphatic rings. The van der Waals surface area contributed by atoms with Gasteiger partial charge in [-0.3, -0.25) is 0 Å². The van der Waals surface area contributed by atoms with Crippen molar-refractivity contribution in [1.29, 1.82) is 5.26 Å². The van der Waals surface area contributed by atoms with Gasteiger partial charge in [0.15, 0.2) is 0 Å². The molecule has 0 atom stereocenters. The predicted molar refractivity (Wildman–Crippen MR) is 80.4 cm³/mol. The number of allylic oxidation sites excluding steroid dienone is 1.